The number of anilines is 1. The molecule has 1 aromatic heterocycles. The highest BCUT2D eigenvalue weighted by atomic mass is 32.2. The second kappa shape index (κ2) is 10.3. The number of aryl methyl sites for hydroxylation is 1. The summed E-state index contributed by atoms with van der Waals surface area (Å²) < 4.78 is 27.6. The van der Waals surface area contributed by atoms with E-state index >= 15 is 0 Å². The Morgan fingerprint density at radius 3 is 2.41 bits per heavy atom. The second-order valence-corrected chi connectivity index (χ2v) is 11.8. The van der Waals surface area contributed by atoms with Crippen LogP contribution < -0.4 is 4.90 Å². The van der Waals surface area contributed by atoms with Crippen LogP contribution in [0.4, 0.5) is 5.69 Å². The largest absolute Gasteiger partial charge is 0.334 e. The zero-order chi connectivity index (χ0) is 23.4. The third-order valence-electron chi connectivity index (χ3n) is 6.62. The molecule has 1 unspecified atom stereocenters. The van der Waals surface area contributed by atoms with E-state index in [-0.39, 0.29) is 11.1 Å². The average Bonchev–Trinajstić information content (AvgIpc) is 3.39. The Hall–Kier alpha value is -2.61. The molecule has 0 bridgehead atoms. The lowest BCUT2D eigenvalue weighted by Gasteiger charge is -2.38. The molecule has 34 heavy (non-hydrogen) atoms. The van der Waals surface area contributed by atoms with E-state index in [2.05, 4.69) is 70.0 Å². The Labute approximate surface area is 206 Å². The van der Waals surface area contributed by atoms with E-state index in [0.717, 1.165) is 18.5 Å². The molecule has 5 rings (SSSR count). The lowest BCUT2D eigenvalue weighted by atomic mass is 9.96. The van der Waals surface area contributed by atoms with Crippen LogP contribution in [-0.4, -0.2) is 41.9 Å². The number of hydrogen-bond acceptors (Lipinski definition) is 5. The van der Waals surface area contributed by atoms with Crippen molar-refractivity contribution in [3.8, 4) is 11.1 Å². The molecule has 1 fully saturated rings. The SMILES string of the molecule is O=S(=O)(CCc1ccccn1)N1CCC(C2SC=CN2c2ccccc2-c2ccccc2)CC1. The van der Waals surface area contributed by atoms with Gasteiger partial charge in [-0.15, -0.1) is 11.8 Å². The highest BCUT2D eigenvalue weighted by Crippen LogP contribution is 2.42. The van der Waals surface area contributed by atoms with E-state index in [9.17, 15) is 8.42 Å². The molecular weight excluding hydrogens is 462 g/mol. The Morgan fingerprint density at radius 2 is 1.65 bits per heavy atom. The molecule has 2 aliphatic heterocycles. The first-order valence-corrected chi connectivity index (χ1v) is 14.3. The van der Waals surface area contributed by atoms with Gasteiger partial charge in [-0.05, 0) is 47.9 Å². The zero-order valence-corrected chi connectivity index (χ0v) is 20.7. The summed E-state index contributed by atoms with van der Waals surface area (Å²) in [5, 5.41) is 2.45. The summed E-state index contributed by atoms with van der Waals surface area (Å²) in [5.74, 6) is 0.538. The minimum absolute atomic E-state index is 0.116. The first-order chi connectivity index (χ1) is 16.6. The third kappa shape index (κ3) is 5.06. The number of rotatable bonds is 7. The van der Waals surface area contributed by atoms with Gasteiger partial charge in [-0.2, -0.15) is 0 Å². The minimum Gasteiger partial charge on any atom is -0.334 e. The van der Waals surface area contributed by atoms with Crippen molar-refractivity contribution in [2.45, 2.75) is 24.6 Å². The Morgan fingerprint density at radius 1 is 0.912 bits per heavy atom. The summed E-state index contributed by atoms with van der Waals surface area (Å²) in [6, 6.07) is 24.6. The summed E-state index contributed by atoms with van der Waals surface area (Å²) in [5.41, 5.74) is 4.44. The number of pyridine rings is 1. The highest BCUT2D eigenvalue weighted by Gasteiger charge is 2.36. The maximum atomic E-state index is 12.9. The lowest BCUT2D eigenvalue weighted by Crippen LogP contribution is -2.44. The monoisotopic (exact) mass is 491 g/mol. The van der Waals surface area contributed by atoms with Crippen LogP contribution in [0.5, 0.6) is 0 Å². The quantitative estimate of drug-likeness (QED) is 0.444. The summed E-state index contributed by atoms with van der Waals surface area (Å²) in [6.07, 6.45) is 6.07. The molecule has 0 spiro atoms. The minimum atomic E-state index is -3.28. The van der Waals surface area contributed by atoms with E-state index in [1.54, 1.807) is 10.5 Å². The highest BCUT2D eigenvalue weighted by molar-refractivity contribution is 8.03. The van der Waals surface area contributed by atoms with Gasteiger partial charge >= 0.3 is 0 Å². The van der Waals surface area contributed by atoms with Gasteiger partial charge in [0.05, 0.1) is 11.1 Å². The first-order valence-electron chi connectivity index (χ1n) is 11.7. The van der Waals surface area contributed by atoms with Gasteiger partial charge in [0.1, 0.15) is 0 Å². The number of benzene rings is 2. The van der Waals surface area contributed by atoms with E-state index < -0.39 is 10.0 Å². The molecule has 176 valence electrons. The predicted molar refractivity (Wildman–Crippen MR) is 141 cm³/mol. The van der Waals surface area contributed by atoms with Gasteiger partial charge in [-0.25, -0.2) is 12.7 Å². The van der Waals surface area contributed by atoms with Crippen LogP contribution in [0.2, 0.25) is 0 Å². The normalized spacial score (nSPS) is 19.5. The van der Waals surface area contributed by atoms with Crippen LogP contribution in [0.1, 0.15) is 18.5 Å². The van der Waals surface area contributed by atoms with Crippen LogP contribution >= 0.6 is 11.8 Å². The van der Waals surface area contributed by atoms with Gasteiger partial charge in [0.25, 0.3) is 0 Å². The molecule has 3 aromatic rings. The zero-order valence-electron chi connectivity index (χ0n) is 19.0. The molecule has 0 amide bonds. The third-order valence-corrected chi connectivity index (χ3v) is 9.66. The lowest BCUT2D eigenvalue weighted by molar-refractivity contribution is 0.270. The fourth-order valence-corrected chi connectivity index (χ4v) is 7.46. The topological polar surface area (TPSA) is 53.5 Å². The number of nitrogens with zero attached hydrogens (tertiary/aromatic N) is 3. The molecule has 1 saturated heterocycles. The molecule has 0 saturated carbocycles. The van der Waals surface area contributed by atoms with E-state index in [4.69, 9.17) is 0 Å². The smallest absolute Gasteiger partial charge is 0.214 e. The molecule has 0 radical (unpaired) electrons. The number of thioether (sulfide) groups is 1. The number of aromatic nitrogens is 1. The van der Waals surface area contributed by atoms with Crippen LogP contribution in [0, 0.1) is 5.92 Å². The van der Waals surface area contributed by atoms with Gasteiger partial charge < -0.3 is 4.90 Å². The van der Waals surface area contributed by atoms with Gasteiger partial charge in [-0.3, -0.25) is 4.98 Å². The number of hydrogen-bond donors (Lipinski definition) is 0. The average molecular weight is 492 g/mol. The van der Waals surface area contributed by atoms with Crippen molar-refractivity contribution in [3.63, 3.8) is 0 Å². The van der Waals surface area contributed by atoms with Gasteiger partial charge in [0.15, 0.2) is 0 Å². The van der Waals surface area contributed by atoms with Crippen molar-refractivity contribution >= 4 is 27.5 Å². The molecular formula is C27H29N3O2S2. The first kappa shape index (κ1) is 23.1. The molecule has 3 heterocycles. The molecule has 0 N–H and O–H groups in total. The van der Waals surface area contributed by atoms with Crippen LogP contribution in [0.3, 0.4) is 0 Å². The summed E-state index contributed by atoms with van der Waals surface area (Å²) in [6.45, 7) is 1.17. The molecule has 0 aliphatic carbocycles. The standard InChI is InChI=1S/C27H29N3O2S2/c31-34(32,21-15-24-10-6-7-16-28-24)29-17-13-23(14-18-29)27-30(19-20-33-27)26-12-5-4-11-25(26)22-8-2-1-3-9-22/h1-12,16,19-20,23,27H,13-15,17-18,21H2. The second-order valence-electron chi connectivity index (χ2n) is 8.73. The van der Waals surface area contributed by atoms with Gasteiger partial charge in [0, 0.05) is 48.9 Å². The van der Waals surface area contributed by atoms with Crippen LogP contribution in [0.15, 0.2) is 90.6 Å². The molecule has 1 atom stereocenters. The summed E-state index contributed by atoms with van der Waals surface area (Å²) in [4.78, 5) is 6.64. The van der Waals surface area contributed by atoms with Crippen molar-refractivity contribution in [2.24, 2.45) is 5.92 Å². The van der Waals surface area contributed by atoms with Gasteiger partial charge in [-0.1, -0.05) is 54.6 Å². The molecule has 2 aromatic carbocycles. The fraction of sp³-hybridized carbons (Fsp3) is 0.296. The van der Waals surface area contributed by atoms with E-state index in [0.29, 0.717) is 25.4 Å². The number of piperidine rings is 1. The van der Waals surface area contributed by atoms with E-state index in [1.807, 2.05) is 36.0 Å². The van der Waals surface area contributed by atoms with Crippen molar-refractivity contribution in [1.29, 1.82) is 0 Å². The Bertz CT molecular complexity index is 1220. The maximum absolute atomic E-state index is 12.9. The molecule has 5 nitrogen and oxygen atoms in total. The molecule has 7 heteroatoms. The Kier molecular flexibility index (Phi) is 7.04. The van der Waals surface area contributed by atoms with Crippen LogP contribution in [-0.2, 0) is 16.4 Å². The van der Waals surface area contributed by atoms with E-state index in [1.165, 1.54) is 16.8 Å². The summed E-state index contributed by atoms with van der Waals surface area (Å²) in [7, 11) is -3.28. The van der Waals surface area contributed by atoms with Gasteiger partial charge in [0.2, 0.25) is 10.0 Å². The van der Waals surface area contributed by atoms with Crippen molar-refractivity contribution in [3.05, 3.63) is 96.3 Å². The van der Waals surface area contributed by atoms with Crippen molar-refractivity contribution < 1.29 is 8.42 Å². The van der Waals surface area contributed by atoms with Crippen molar-refractivity contribution in [2.75, 3.05) is 23.7 Å². The van der Waals surface area contributed by atoms with Crippen LogP contribution in [0.25, 0.3) is 11.1 Å². The predicted octanol–water partition coefficient (Wildman–Crippen LogP) is 5.38. The van der Waals surface area contributed by atoms with Crippen molar-refractivity contribution in [1.82, 2.24) is 9.29 Å². The molecule has 2 aliphatic rings. The fourth-order valence-electron chi connectivity index (χ4n) is 4.80. The Balaban J connectivity index is 1.25. The maximum Gasteiger partial charge on any atom is 0.214 e. The number of para-hydroxylation sites is 1. The number of sulfonamides is 1. The summed E-state index contributed by atoms with van der Waals surface area (Å²) >= 11 is 1.84.